The van der Waals surface area contributed by atoms with Crippen molar-refractivity contribution in [3.05, 3.63) is 22.5 Å². The van der Waals surface area contributed by atoms with Gasteiger partial charge in [-0.15, -0.1) is 13.2 Å². The van der Waals surface area contributed by atoms with Gasteiger partial charge >= 0.3 is 12.5 Å². The highest BCUT2D eigenvalue weighted by Gasteiger charge is 2.43. The molecule has 19 heavy (non-hydrogen) atoms. The van der Waals surface area contributed by atoms with Gasteiger partial charge in [0.05, 0.1) is 5.56 Å². The first-order valence-corrected chi connectivity index (χ1v) is 4.60. The maximum absolute atomic E-state index is 12.5. The van der Waals surface area contributed by atoms with E-state index in [0.717, 1.165) is 0 Å². The second-order valence-electron chi connectivity index (χ2n) is 3.05. The molecule has 0 fully saturated rings. The minimum absolute atomic E-state index is 0.116. The quantitative estimate of drug-likeness (QED) is 0.588. The zero-order chi connectivity index (χ0) is 15.0. The SMILES string of the molecule is FC(F)c1c(Cl)ncc(C(F)(F)F)c1OC(F)(F)F. The van der Waals surface area contributed by atoms with E-state index in [2.05, 4.69) is 9.72 Å². The fourth-order valence-electron chi connectivity index (χ4n) is 1.10. The molecule has 0 aliphatic heterocycles. The Morgan fingerprint density at radius 3 is 2.00 bits per heavy atom. The van der Waals surface area contributed by atoms with Crippen LogP contribution < -0.4 is 4.74 Å². The van der Waals surface area contributed by atoms with Gasteiger partial charge in [0.1, 0.15) is 10.7 Å². The number of rotatable bonds is 2. The Balaban J connectivity index is 3.54. The zero-order valence-electron chi connectivity index (χ0n) is 8.41. The van der Waals surface area contributed by atoms with Gasteiger partial charge in [0.2, 0.25) is 0 Å². The topological polar surface area (TPSA) is 22.1 Å². The van der Waals surface area contributed by atoms with Crippen LogP contribution in [-0.4, -0.2) is 11.3 Å². The minimum atomic E-state index is -5.59. The summed E-state index contributed by atoms with van der Waals surface area (Å²) in [4.78, 5) is 2.78. The molecule has 1 aromatic heterocycles. The van der Waals surface area contributed by atoms with E-state index in [9.17, 15) is 35.1 Å². The molecule has 0 amide bonds. The summed E-state index contributed by atoms with van der Waals surface area (Å²) in [7, 11) is 0. The number of hydrogen-bond acceptors (Lipinski definition) is 2. The first kappa shape index (κ1) is 15.7. The molecule has 0 aromatic carbocycles. The average Bonchev–Trinajstić information content (AvgIpc) is 2.11. The molecule has 0 spiro atoms. The maximum Gasteiger partial charge on any atom is 0.573 e. The zero-order valence-corrected chi connectivity index (χ0v) is 9.17. The number of alkyl halides is 8. The smallest absolute Gasteiger partial charge is 0.404 e. The van der Waals surface area contributed by atoms with Crippen molar-refractivity contribution in [2.75, 3.05) is 0 Å². The minimum Gasteiger partial charge on any atom is -0.404 e. The van der Waals surface area contributed by atoms with Gasteiger partial charge in [-0.1, -0.05) is 11.6 Å². The van der Waals surface area contributed by atoms with E-state index in [1.165, 1.54) is 0 Å². The molecule has 108 valence electrons. The van der Waals surface area contributed by atoms with Crippen LogP contribution in [-0.2, 0) is 6.18 Å². The molecule has 0 radical (unpaired) electrons. The third kappa shape index (κ3) is 3.82. The van der Waals surface area contributed by atoms with Crippen LogP contribution in [0, 0.1) is 0 Å². The number of aromatic nitrogens is 1. The molecule has 11 heteroatoms. The van der Waals surface area contributed by atoms with E-state index in [1.54, 1.807) is 0 Å². The molecule has 0 saturated carbocycles. The van der Waals surface area contributed by atoms with Crippen molar-refractivity contribution in [1.29, 1.82) is 0 Å². The van der Waals surface area contributed by atoms with Gasteiger partial charge in [-0.25, -0.2) is 13.8 Å². The molecular weight excluding hydrogens is 314 g/mol. The highest BCUT2D eigenvalue weighted by molar-refractivity contribution is 6.30. The third-order valence-electron chi connectivity index (χ3n) is 1.76. The number of hydrogen-bond donors (Lipinski definition) is 0. The van der Waals surface area contributed by atoms with E-state index in [0.29, 0.717) is 0 Å². The van der Waals surface area contributed by atoms with Gasteiger partial charge in [0, 0.05) is 6.20 Å². The fraction of sp³-hybridized carbons (Fsp3) is 0.375. The van der Waals surface area contributed by atoms with Crippen LogP contribution in [0.25, 0.3) is 0 Å². The molecule has 1 rings (SSSR count). The van der Waals surface area contributed by atoms with Crippen LogP contribution in [0.2, 0.25) is 5.15 Å². The summed E-state index contributed by atoms with van der Waals surface area (Å²) in [6.45, 7) is 0. The Labute approximate surface area is 104 Å². The van der Waals surface area contributed by atoms with Crippen LogP contribution in [0.4, 0.5) is 35.1 Å². The second kappa shape index (κ2) is 4.99. The number of ether oxygens (including phenoxy) is 1. The number of nitrogens with zero attached hydrogens (tertiary/aromatic N) is 1. The van der Waals surface area contributed by atoms with Crippen molar-refractivity contribution in [2.45, 2.75) is 19.0 Å². The molecule has 1 aromatic rings. The fourth-order valence-corrected chi connectivity index (χ4v) is 1.32. The summed E-state index contributed by atoms with van der Waals surface area (Å²) in [5.41, 5.74) is -3.86. The summed E-state index contributed by atoms with van der Waals surface area (Å²) < 4.78 is 101. The first-order valence-electron chi connectivity index (χ1n) is 4.23. The Morgan fingerprint density at radius 1 is 1.11 bits per heavy atom. The van der Waals surface area contributed by atoms with Crippen molar-refractivity contribution in [3.63, 3.8) is 0 Å². The lowest BCUT2D eigenvalue weighted by Crippen LogP contribution is -2.22. The third-order valence-corrected chi connectivity index (χ3v) is 2.06. The standard InChI is InChI=1S/C8H2ClF8NO/c9-5-3(6(10)11)4(19-8(15,16)17)2(1-18-5)7(12,13)14/h1,6H. The lowest BCUT2D eigenvalue weighted by molar-refractivity contribution is -0.276. The Morgan fingerprint density at radius 2 is 1.63 bits per heavy atom. The molecule has 0 saturated heterocycles. The molecule has 0 atom stereocenters. The van der Waals surface area contributed by atoms with E-state index in [4.69, 9.17) is 11.6 Å². The lowest BCUT2D eigenvalue weighted by Gasteiger charge is -2.18. The van der Waals surface area contributed by atoms with Crippen molar-refractivity contribution >= 4 is 11.6 Å². The Hall–Kier alpha value is -1.32. The second-order valence-corrected chi connectivity index (χ2v) is 3.41. The number of halogens is 9. The predicted molar refractivity (Wildman–Crippen MR) is 45.9 cm³/mol. The lowest BCUT2D eigenvalue weighted by atomic mass is 10.1. The highest BCUT2D eigenvalue weighted by Crippen LogP contribution is 2.45. The predicted octanol–water partition coefficient (Wildman–Crippen LogP) is 4.59. The summed E-state index contributed by atoms with van der Waals surface area (Å²) in [5, 5.41) is -1.21. The van der Waals surface area contributed by atoms with Gasteiger partial charge < -0.3 is 4.74 Å². The summed E-state index contributed by atoms with van der Waals surface area (Å²) in [6.07, 6.45) is -14.8. The van der Waals surface area contributed by atoms with Crippen molar-refractivity contribution in [1.82, 2.24) is 4.98 Å². The van der Waals surface area contributed by atoms with Gasteiger partial charge in [-0.3, -0.25) is 0 Å². The molecule has 0 bridgehead atoms. The largest absolute Gasteiger partial charge is 0.573 e. The highest BCUT2D eigenvalue weighted by atomic mass is 35.5. The average molecular weight is 316 g/mol. The van der Waals surface area contributed by atoms with Gasteiger partial charge in [0.15, 0.2) is 5.75 Å². The van der Waals surface area contributed by atoms with Gasteiger partial charge in [-0.2, -0.15) is 13.2 Å². The molecule has 0 aliphatic carbocycles. The molecule has 0 N–H and O–H groups in total. The number of pyridine rings is 1. The van der Waals surface area contributed by atoms with Crippen molar-refractivity contribution in [2.24, 2.45) is 0 Å². The van der Waals surface area contributed by atoms with Crippen LogP contribution >= 0.6 is 11.6 Å². The van der Waals surface area contributed by atoms with Crippen molar-refractivity contribution < 1.29 is 39.9 Å². The van der Waals surface area contributed by atoms with Gasteiger partial charge in [-0.05, 0) is 0 Å². The van der Waals surface area contributed by atoms with Crippen LogP contribution in [0.5, 0.6) is 5.75 Å². The molecule has 0 aliphatic rings. The Kier molecular flexibility index (Phi) is 4.13. The normalized spacial score (nSPS) is 12.9. The maximum atomic E-state index is 12.5. The molecule has 0 unspecified atom stereocenters. The summed E-state index contributed by atoms with van der Waals surface area (Å²) >= 11 is 5.07. The van der Waals surface area contributed by atoms with Gasteiger partial charge in [0.25, 0.3) is 6.43 Å². The molecule has 2 nitrogen and oxygen atoms in total. The van der Waals surface area contributed by atoms with E-state index < -0.39 is 41.0 Å². The van der Waals surface area contributed by atoms with Crippen LogP contribution in [0.3, 0.4) is 0 Å². The van der Waals surface area contributed by atoms with E-state index >= 15 is 0 Å². The summed E-state index contributed by atoms with van der Waals surface area (Å²) in [6, 6.07) is 0. The summed E-state index contributed by atoms with van der Waals surface area (Å²) in [5.74, 6) is -2.10. The van der Waals surface area contributed by atoms with Crippen molar-refractivity contribution in [3.8, 4) is 5.75 Å². The monoisotopic (exact) mass is 315 g/mol. The first-order chi connectivity index (χ1) is 8.43. The van der Waals surface area contributed by atoms with E-state index in [1.807, 2.05) is 0 Å². The van der Waals surface area contributed by atoms with Crippen LogP contribution in [0.15, 0.2) is 6.20 Å². The van der Waals surface area contributed by atoms with E-state index in [-0.39, 0.29) is 6.20 Å². The molecular formula is C8H2ClF8NO. The van der Waals surface area contributed by atoms with Crippen LogP contribution in [0.1, 0.15) is 17.6 Å². The Bertz CT molecular complexity index is 469. The molecule has 1 heterocycles.